The number of esters is 1. The average Bonchev–Trinajstić information content (AvgIpc) is 2.42. The summed E-state index contributed by atoms with van der Waals surface area (Å²) < 4.78 is 5.84. The quantitative estimate of drug-likeness (QED) is 0.337. The van der Waals surface area contributed by atoms with Crippen LogP contribution in [-0.2, 0) is 14.3 Å². The lowest BCUT2D eigenvalue weighted by molar-refractivity contribution is -0.873. The van der Waals surface area contributed by atoms with E-state index in [1.807, 2.05) is 33.3 Å². The molecule has 1 N–H and O–H groups in total. The van der Waals surface area contributed by atoms with Gasteiger partial charge in [-0.15, -0.1) is 0 Å². The van der Waals surface area contributed by atoms with Crippen LogP contribution in [0.2, 0.25) is 0 Å². The predicted molar refractivity (Wildman–Crippen MR) is 96.6 cm³/mol. The molecular formula is C19H32NO4+. The van der Waals surface area contributed by atoms with Gasteiger partial charge in [0.25, 0.3) is 0 Å². The molecule has 0 spiro atoms. The second-order valence-corrected chi connectivity index (χ2v) is 6.68. The number of rotatable bonds is 12. The van der Waals surface area contributed by atoms with E-state index in [9.17, 15) is 9.59 Å². The molecule has 0 aliphatic carbocycles. The van der Waals surface area contributed by atoms with Crippen LogP contribution in [0.5, 0.6) is 0 Å². The number of carbonyl (C=O) groups excluding carboxylic acids is 1. The summed E-state index contributed by atoms with van der Waals surface area (Å²) in [6.07, 6.45) is 14.2. The van der Waals surface area contributed by atoms with Gasteiger partial charge in [0.2, 0.25) is 0 Å². The number of quaternary nitrogens is 1. The predicted octanol–water partition coefficient (Wildman–Crippen LogP) is 3.33. The molecule has 0 aromatic carbocycles. The molecule has 0 aromatic rings. The minimum atomic E-state index is -0.959. The molecule has 0 saturated carbocycles. The van der Waals surface area contributed by atoms with Crippen LogP contribution in [0.4, 0.5) is 0 Å². The van der Waals surface area contributed by atoms with Gasteiger partial charge >= 0.3 is 11.9 Å². The average molecular weight is 338 g/mol. The first-order valence-corrected chi connectivity index (χ1v) is 8.41. The van der Waals surface area contributed by atoms with E-state index in [1.165, 1.54) is 0 Å². The first-order chi connectivity index (χ1) is 11.2. The van der Waals surface area contributed by atoms with Crippen molar-refractivity contribution < 1.29 is 23.9 Å². The molecule has 136 valence electrons. The Bertz CT molecular complexity index is 458. The van der Waals surface area contributed by atoms with Crippen molar-refractivity contribution in [3.63, 3.8) is 0 Å². The summed E-state index contributed by atoms with van der Waals surface area (Å²) >= 11 is 0. The SMILES string of the molecule is CC/C=C/C/C=C/C/C=C/CC(=O)OC(CC(=O)O)C[N+](C)(C)C. The van der Waals surface area contributed by atoms with Crippen molar-refractivity contribution >= 4 is 11.9 Å². The summed E-state index contributed by atoms with van der Waals surface area (Å²) in [4.78, 5) is 22.7. The van der Waals surface area contributed by atoms with Crippen LogP contribution in [0.1, 0.15) is 39.0 Å². The fourth-order valence-electron chi connectivity index (χ4n) is 2.07. The van der Waals surface area contributed by atoms with Crippen molar-refractivity contribution in [2.75, 3.05) is 27.7 Å². The van der Waals surface area contributed by atoms with Gasteiger partial charge in [0.15, 0.2) is 6.10 Å². The molecule has 0 saturated heterocycles. The number of likely N-dealkylation sites (N-methyl/N-ethyl adjacent to an activating group) is 1. The molecule has 24 heavy (non-hydrogen) atoms. The van der Waals surface area contributed by atoms with Crippen molar-refractivity contribution in [3.8, 4) is 0 Å². The van der Waals surface area contributed by atoms with Crippen LogP contribution in [-0.4, -0.2) is 55.3 Å². The Hall–Kier alpha value is -1.88. The third kappa shape index (κ3) is 15.0. The topological polar surface area (TPSA) is 63.6 Å². The summed E-state index contributed by atoms with van der Waals surface area (Å²) in [5, 5.41) is 8.92. The van der Waals surface area contributed by atoms with E-state index in [4.69, 9.17) is 9.84 Å². The van der Waals surface area contributed by atoms with Crippen molar-refractivity contribution in [1.82, 2.24) is 0 Å². The van der Waals surface area contributed by atoms with E-state index in [0.29, 0.717) is 11.0 Å². The molecule has 1 atom stereocenters. The summed E-state index contributed by atoms with van der Waals surface area (Å²) in [5.41, 5.74) is 0. The van der Waals surface area contributed by atoms with Crippen LogP contribution in [0.25, 0.3) is 0 Å². The smallest absolute Gasteiger partial charge is 0.310 e. The molecule has 0 bridgehead atoms. The lowest BCUT2D eigenvalue weighted by atomic mass is 10.2. The zero-order valence-corrected chi connectivity index (χ0v) is 15.4. The van der Waals surface area contributed by atoms with Crippen LogP contribution < -0.4 is 0 Å². The number of nitrogens with zero attached hydrogens (tertiary/aromatic N) is 1. The number of ether oxygens (including phenoxy) is 1. The zero-order valence-electron chi connectivity index (χ0n) is 15.4. The number of allylic oxidation sites excluding steroid dienone is 5. The molecule has 1 unspecified atom stereocenters. The number of carboxylic acids is 1. The minimum absolute atomic E-state index is 0.164. The second kappa shape index (κ2) is 12.5. The largest absolute Gasteiger partial charge is 0.481 e. The molecule has 0 amide bonds. The number of hydrogen-bond acceptors (Lipinski definition) is 3. The van der Waals surface area contributed by atoms with Gasteiger partial charge in [-0.1, -0.05) is 43.4 Å². The maximum atomic E-state index is 11.8. The van der Waals surface area contributed by atoms with E-state index in [0.717, 1.165) is 19.3 Å². The van der Waals surface area contributed by atoms with Gasteiger partial charge in [-0.25, -0.2) is 0 Å². The Morgan fingerprint density at radius 3 is 2.04 bits per heavy atom. The van der Waals surface area contributed by atoms with Gasteiger partial charge in [-0.05, 0) is 19.3 Å². The van der Waals surface area contributed by atoms with Gasteiger partial charge in [0.1, 0.15) is 6.54 Å². The van der Waals surface area contributed by atoms with Crippen molar-refractivity contribution in [1.29, 1.82) is 0 Å². The molecule has 0 fully saturated rings. The highest BCUT2D eigenvalue weighted by atomic mass is 16.5. The standard InChI is InChI=1S/C19H31NO4/c1-5-6-7-8-9-10-11-12-13-14-19(23)24-17(15-18(21)22)16-20(2,3)4/h6-7,9-10,12-13,17H,5,8,11,14-16H2,1-4H3/p+1/b7-6+,10-9+,13-12+. The number of aliphatic carboxylic acids is 1. The van der Waals surface area contributed by atoms with Crippen molar-refractivity contribution in [2.24, 2.45) is 0 Å². The Balaban J connectivity index is 4.17. The fraction of sp³-hybridized carbons (Fsp3) is 0.579. The van der Waals surface area contributed by atoms with E-state index < -0.39 is 12.1 Å². The monoisotopic (exact) mass is 338 g/mol. The van der Waals surface area contributed by atoms with Crippen LogP contribution in [0.15, 0.2) is 36.5 Å². The minimum Gasteiger partial charge on any atom is -0.481 e. The summed E-state index contributed by atoms with van der Waals surface area (Å²) in [6, 6.07) is 0. The first-order valence-electron chi connectivity index (χ1n) is 8.41. The molecule has 5 nitrogen and oxygen atoms in total. The highest BCUT2D eigenvalue weighted by molar-refractivity contribution is 5.72. The summed E-state index contributed by atoms with van der Waals surface area (Å²) in [6.45, 7) is 2.57. The van der Waals surface area contributed by atoms with Gasteiger partial charge < -0.3 is 14.3 Å². The van der Waals surface area contributed by atoms with Gasteiger partial charge in [0, 0.05) is 0 Å². The van der Waals surface area contributed by atoms with Gasteiger partial charge in [-0.3, -0.25) is 9.59 Å². The molecule has 0 aliphatic heterocycles. The molecule has 0 heterocycles. The van der Waals surface area contributed by atoms with Crippen LogP contribution >= 0.6 is 0 Å². The molecule has 0 radical (unpaired) electrons. The van der Waals surface area contributed by atoms with Crippen molar-refractivity contribution in [3.05, 3.63) is 36.5 Å². The Morgan fingerprint density at radius 1 is 1.00 bits per heavy atom. The second-order valence-electron chi connectivity index (χ2n) is 6.68. The number of carbonyl (C=O) groups is 2. The van der Waals surface area contributed by atoms with E-state index in [1.54, 1.807) is 6.08 Å². The van der Waals surface area contributed by atoms with Gasteiger partial charge in [0.05, 0.1) is 34.0 Å². The molecular weight excluding hydrogens is 306 g/mol. The third-order valence-electron chi connectivity index (χ3n) is 3.02. The van der Waals surface area contributed by atoms with Crippen molar-refractivity contribution in [2.45, 2.75) is 45.1 Å². The Morgan fingerprint density at radius 2 is 1.54 bits per heavy atom. The van der Waals surface area contributed by atoms with Crippen LogP contribution in [0.3, 0.4) is 0 Å². The lowest BCUT2D eigenvalue weighted by Gasteiger charge is -2.28. The highest BCUT2D eigenvalue weighted by Crippen LogP contribution is 2.07. The summed E-state index contributed by atoms with van der Waals surface area (Å²) in [7, 11) is 5.81. The number of hydrogen-bond donors (Lipinski definition) is 1. The van der Waals surface area contributed by atoms with E-state index in [2.05, 4.69) is 25.2 Å². The van der Waals surface area contributed by atoms with E-state index in [-0.39, 0.29) is 18.8 Å². The fourth-order valence-corrected chi connectivity index (χ4v) is 2.07. The Labute approximate surface area is 145 Å². The molecule has 0 rings (SSSR count). The highest BCUT2D eigenvalue weighted by Gasteiger charge is 2.24. The first kappa shape index (κ1) is 22.1. The maximum absolute atomic E-state index is 11.8. The van der Waals surface area contributed by atoms with Gasteiger partial charge in [-0.2, -0.15) is 0 Å². The maximum Gasteiger partial charge on any atom is 0.310 e. The van der Waals surface area contributed by atoms with Crippen LogP contribution in [0, 0.1) is 0 Å². The molecule has 0 aliphatic rings. The molecule has 5 heteroatoms. The normalized spacial score (nSPS) is 13.8. The van der Waals surface area contributed by atoms with E-state index >= 15 is 0 Å². The Kier molecular flexibility index (Phi) is 11.5. The lowest BCUT2D eigenvalue weighted by Crippen LogP contribution is -2.43. The zero-order chi connectivity index (χ0) is 18.4. The third-order valence-corrected chi connectivity index (χ3v) is 3.02. The number of carboxylic acid groups (broad SMARTS) is 1. The summed E-state index contributed by atoms with van der Waals surface area (Å²) in [5.74, 6) is -1.35. The molecule has 0 aromatic heterocycles.